The fraction of sp³-hybridized carbons (Fsp3) is 0.133. The van der Waals surface area contributed by atoms with Crippen molar-refractivity contribution in [3.05, 3.63) is 54.1 Å². The van der Waals surface area contributed by atoms with Gasteiger partial charge in [-0.2, -0.15) is 0 Å². The van der Waals surface area contributed by atoms with Crippen LogP contribution in [0, 0.1) is 0 Å². The van der Waals surface area contributed by atoms with Crippen molar-refractivity contribution in [3.8, 4) is 16.9 Å². The summed E-state index contributed by atoms with van der Waals surface area (Å²) in [7, 11) is 0. The molecular formula is C15H12F2O2. The van der Waals surface area contributed by atoms with Gasteiger partial charge < -0.3 is 4.74 Å². The van der Waals surface area contributed by atoms with Crippen molar-refractivity contribution in [1.82, 2.24) is 0 Å². The van der Waals surface area contributed by atoms with Crippen molar-refractivity contribution >= 4 is 6.29 Å². The Bertz CT molecular complexity index is 553. The third kappa shape index (κ3) is 3.37. The number of ether oxygens (including phenoxy) is 1. The van der Waals surface area contributed by atoms with Crippen LogP contribution in [0.2, 0.25) is 0 Å². The van der Waals surface area contributed by atoms with Gasteiger partial charge in [-0.3, -0.25) is 4.79 Å². The minimum atomic E-state index is -2.57. The minimum Gasteiger partial charge on any atom is -0.487 e. The molecule has 0 spiro atoms. The largest absolute Gasteiger partial charge is 0.487 e. The molecule has 2 aromatic rings. The molecule has 0 aromatic heterocycles. The second kappa shape index (κ2) is 6.09. The number of hydrogen-bond acceptors (Lipinski definition) is 2. The van der Waals surface area contributed by atoms with Crippen LogP contribution in [0.4, 0.5) is 8.78 Å². The molecule has 0 saturated heterocycles. The smallest absolute Gasteiger partial charge is 0.272 e. The molecule has 0 radical (unpaired) electrons. The number of halogens is 2. The number of benzene rings is 2. The van der Waals surface area contributed by atoms with Crippen molar-refractivity contribution in [1.29, 1.82) is 0 Å². The van der Waals surface area contributed by atoms with E-state index in [1.165, 1.54) is 0 Å². The summed E-state index contributed by atoms with van der Waals surface area (Å²) in [5, 5.41) is 0. The highest BCUT2D eigenvalue weighted by Gasteiger charge is 2.09. The average molecular weight is 262 g/mol. The molecule has 0 atom stereocenters. The maximum absolute atomic E-state index is 12.2. The van der Waals surface area contributed by atoms with Crippen molar-refractivity contribution in [2.75, 3.05) is 6.61 Å². The van der Waals surface area contributed by atoms with E-state index in [1.807, 2.05) is 30.3 Å². The fourth-order valence-corrected chi connectivity index (χ4v) is 1.72. The lowest BCUT2D eigenvalue weighted by atomic mass is 10.0. The Morgan fingerprint density at radius 1 is 1.05 bits per heavy atom. The fourth-order valence-electron chi connectivity index (χ4n) is 1.72. The monoisotopic (exact) mass is 262 g/mol. The summed E-state index contributed by atoms with van der Waals surface area (Å²) in [5.74, 6) is 0.177. The van der Waals surface area contributed by atoms with E-state index in [2.05, 4.69) is 0 Å². The second-order valence-electron chi connectivity index (χ2n) is 3.94. The number of alkyl halides is 2. The molecule has 0 aliphatic rings. The van der Waals surface area contributed by atoms with Gasteiger partial charge >= 0.3 is 0 Å². The normalized spacial score (nSPS) is 10.5. The van der Waals surface area contributed by atoms with Crippen LogP contribution >= 0.6 is 0 Å². The first kappa shape index (κ1) is 13.2. The quantitative estimate of drug-likeness (QED) is 0.766. The Balaban J connectivity index is 2.32. The molecule has 0 unspecified atom stereocenters. The number of rotatable bonds is 5. The van der Waals surface area contributed by atoms with Crippen molar-refractivity contribution < 1.29 is 18.3 Å². The third-order valence-electron chi connectivity index (χ3n) is 2.61. The van der Waals surface area contributed by atoms with Gasteiger partial charge in [-0.05, 0) is 23.3 Å². The first-order chi connectivity index (χ1) is 9.20. The van der Waals surface area contributed by atoms with E-state index in [-0.39, 0.29) is 11.3 Å². The Kier molecular flexibility index (Phi) is 4.23. The van der Waals surface area contributed by atoms with Gasteiger partial charge in [0.15, 0.2) is 6.29 Å². The third-order valence-corrected chi connectivity index (χ3v) is 2.61. The van der Waals surface area contributed by atoms with Gasteiger partial charge in [0.25, 0.3) is 6.43 Å². The molecule has 98 valence electrons. The highest BCUT2D eigenvalue weighted by molar-refractivity contribution is 5.81. The van der Waals surface area contributed by atoms with Crippen LogP contribution in [0.5, 0.6) is 5.75 Å². The summed E-state index contributed by atoms with van der Waals surface area (Å²) in [6, 6.07) is 14.4. The Morgan fingerprint density at radius 3 is 2.42 bits per heavy atom. The standard InChI is InChI=1S/C15H12F2O2/c16-15(17)10-19-14-8-12(6-7-13(14)9-18)11-4-2-1-3-5-11/h1-9,15H,10H2. The minimum absolute atomic E-state index is 0.177. The van der Waals surface area contributed by atoms with Gasteiger partial charge in [0, 0.05) is 0 Å². The SMILES string of the molecule is O=Cc1ccc(-c2ccccc2)cc1OCC(F)F. The van der Waals surface area contributed by atoms with Crippen LogP contribution in [0.15, 0.2) is 48.5 Å². The van der Waals surface area contributed by atoms with Crippen LogP contribution in [0.25, 0.3) is 11.1 Å². The van der Waals surface area contributed by atoms with Crippen LogP contribution in [0.3, 0.4) is 0 Å². The van der Waals surface area contributed by atoms with E-state index in [9.17, 15) is 13.6 Å². The molecule has 0 heterocycles. The summed E-state index contributed by atoms with van der Waals surface area (Å²) in [5.41, 5.74) is 2.01. The molecule has 0 saturated carbocycles. The van der Waals surface area contributed by atoms with Crippen LogP contribution in [0.1, 0.15) is 10.4 Å². The van der Waals surface area contributed by atoms with Crippen LogP contribution in [-0.4, -0.2) is 19.3 Å². The van der Waals surface area contributed by atoms with E-state index in [0.29, 0.717) is 6.29 Å². The number of carbonyl (C=O) groups is 1. The first-order valence-electron chi connectivity index (χ1n) is 5.76. The van der Waals surface area contributed by atoms with Crippen molar-refractivity contribution in [2.24, 2.45) is 0 Å². The summed E-state index contributed by atoms with van der Waals surface area (Å²) < 4.78 is 29.3. The predicted octanol–water partition coefficient (Wildman–Crippen LogP) is 3.81. The zero-order valence-corrected chi connectivity index (χ0v) is 10.1. The highest BCUT2D eigenvalue weighted by atomic mass is 19.3. The molecule has 0 aliphatic heterocycles. The Labute approximate surface area is 109 Å². The van der Waals surface area contributed by atoms with Gasteiger partial charge in [0.2, 0.25) is 0 Å². The number of aldehydes is 1. The maximum Gasteiger partial charge on any atom is 0.272 e. The van der Waals surface area contributed by atoms with Crippen LogP contribution in [-0.2, 0) is 0 Å². The van der Waals surface area contributed by atoms with Gasteiger partial charge in [-0.15, -0.1) is 0 Å². The van der Waals surface area contributed by atoms with Crippen LogP contribution < -0.4 is 4.74 Å². The number of hydrogen-bond donors (Lipinski definition) is 0. The maximum atomic E-state index is 12.2. The molecule has 0 aliphatic carbocycles. The number of carbonyl (C=O) groups excluding carboxylic acids is 1. The second-order valence-corrected chi connectivity index (χ2v) is 3.94. The molecule has 2 nitrogen and oxygen atoms in total. The Morgan fingerprint density at radius 2 is 1.79 bits per heavy atom. The molecule has 2 rings (SSSR count). The molecule has 0 bridgehead atoms. The summed E-state index contributed by atoms with van der Waals surface area (Å²) >= 11 is 0. The van der Waals surface area contributed by atoms with E-state index >= 15 is 0 Å². The lowest BCUT2D eigenvalue weighted by molar-refractivity contribution is 0.0809. The van der Waals surface area contributed by atoms with E-state index in [0.717, 1.165) is 11.1 Å². The zero-order chi connectivity index (χ0) is 13.7. The van der Waals surface area contributed by atoms with E-state index in [1.54, 1.807) is 18.2 Å². The lowest BCUT2D eigenvalue weighted by Gasteiger charge is -2.10. The first-order valence-corrected chi connectivity index (χ1v) is 5.76. The van der Waals surface area contributed by atoms with Crippen molar-refractivity contribution in [3.63, 3.8) is 0 Å². The molecule has 0 N–H and O–H groups in total. The zero-order valence-electron chi connectivity index (χ0n) is 10.1. The van der Waals surface area contributed by atoms with E-state index < -0.39 is 13.0 Å². The summed E-state index contributed by atoms with van der Waals surface area (Å²) in [6.07, 6.45) is -1.98. The van der Waals surface area contributed by atoms with Crippen molar-refractivity contribution in [2.45, 2.75) is 6.43 Å². The van der Waals surface area contributed by atoms with E-state index in [4.69, 9.17) is 4.74 Å². The molecule has 0 fully saturated rings. The Hall–Kier alpha value is -2.23. The molecular weight excluding hydrogens is 250 g/mol. The highest BCUT2D eigenvalue weighted by Crippen LogP contribution is 2.26. The summed E-state index contributed by atoms with van der Waals surface area (Å²) in [6.45, 7) is -0.723. The summed E-state index contributed by atoms with van der Waals surface area (Å²) in [4.78, 5) is 10.9. The molecule has 0 amide bonds. The lowest BCUT2D eigenvalue weighted by Crippen LogP contribution is -2.08. The van der Waals surface area contributed by atoms with Gasteiger partial charge in [-0.1, -0.05) is 36.4 Å². The van der Waals surface area contributed by atoms with Gasteiger partial charge in [0.05, 0.1) is 5.56 Å². The van der Waals surface area contributed by atoms with Gasteiger partial charge in [-0.25, -0.2) is 8.78 Å². The van der Waals surface area contributed by atoms with Gasteiger partial charge in [0.1, 0.15) is 12.4 Å². The molecule has 2 aromatic carbocycles. The molecule has 4 heteroatoms. The topological polar surface area (TPSA) is 26.3 Å². The molecule has 19 heavy (non-hydrogen) atoms. The average Bonchev–Trinajstić information content (AvgIpc) is 2.45. The predicted molar refractivity (Wildman–Crippen MR) is 68.8 cm³/mol.